The smallest absolute Gasteiger partial charge is 0.410 e. The topological polar surface area (TPSA) is 116 Å². The van der Waals surface area contributed by atoms with Crippen LogP contribution in [-0.2, 0) is 16.0 Å². The SMILES string of the molecule is CC1(CN(Cc2nc(-c3ccc(C#Cc4ccc5[nH]c([C@@H]6CCCN6C(=O)OC(C)(C)C)nc5c4)cc3)c[nH]2)C(=O)OC(C)(C)C)CC1. The van der Waals surface area contributed by atoms with Gasteiger partial charge in [0.05, 0.1) is 29.3 Å². The van der Waals surface area contributed by atoms with Crippen molar-refractivity contribution < 1.29 is 19.1 Å². The van der Waals surface area contributed by atoms with Gasteiger partial charge in [-0.25, -0.2) is 19.6 Å². The third kappa shape index (κ3) is 8.19. The van der Waals surface area contributed by atoms with Gasteiger partial charge in [0.2, 0.25) is 0 Å². The summed E-state index contributed by atoms with van der Waals surface area (Å²) >= 11 is 0. The summed E-state index contributed by atoms with van der Waals surface area (Å²) in [5.41, 5.74) is 4.26. The number of aromatic nitrogens is 4. The summed E-state index contributed by atoms with van der Waals surface area (Å²) in [6, 6.07) is 13.8. The molecule has 2 aliphatic rings. The number of amides is 2. The van der Waals surface area contributed by atoms with Crippen LogP contribution in [0.5, 0.6) is 0 Å². The maximum absolute atomic E-state index is 13.0. The van der Waals surface area contributed by atoms with Gasteiger partial charge in [-0.15, -0.1) is 0 Å². The Morgan fingerprint density at radius 1 is 0.979 bits per heavy atom. The van der Waals surface area contributed by atoms with Crippen LogP contribution in [-0.4, -0.2) is 66.2 Å². The van der Waals surface area contributed by atoms with Crippen molar-refractivity contribution in [3.8, 4) is 23.1 Å². The van der Waals surface area contributed by atoms with Gasteiger partial charge in [-0.2, -0.15) is 0 Å². The van der Waals surface area contributed by atoms with Crippen LogP contribution >= 0.6 is 0 Å². The molecule has 2 fully saturated rings. The molecule has 6 rings (SSSR count). The summed E-state index contributed by atoms with van der Waals surface area (Å²) in [5, 5.41) is 0. The summed E-state index contributed by atoms with van der Waals surface area (Å²) < 4.78 is 11.3. The molecule has 2 aromatic carbocycles. The summed E-state index contributed by atoms with van der Waals surface area (Å²) in [5.74, 6) is 8.00. The van der Waals surface area contributed by atoms with Gasteiger partial charge < -0.3 is 24.3 Å². The fourth-order valence-electron chi connectivity index (χ4n) is 5.83. The average Bonchev–Trinajstić information content (AvgIpc) is 3.42. The van der Waals surface area contributed by atoms with Crippen molar-refractivity contribution in [2.75, 3.05) is 13.1 Å². The fraction of sp³-hybridized carbons (Fsp3) is 0.474. The molecule has 1 aliphatic heterocycles. The zero-order chi connectivity index (χ0) is 34.3. The molecule has 3 heterocycles. The first-order valence-electron chi connectivity index (χ1n) is 16.8. The number of likely N-dealkylation sites (tertiary alicyclic amines) is 1. The maximum Gasteiger partial charge on any atom is 0.410 e. The van der Waals surface area contributed by atoms with Crippen molar-refractivity contribution in [3.63, 3.8) is 0 Å². The van der Waals surface area contributed by atoms with Crippen molar-refractivity contribution in [2.45, 2.75) is 97.9 Å². The normalized spacial score (nSPS) is 17.1. The molecule has 1 atom stereocenters. The monoisotopic (exact) mass is 650 g/mol. The molecule has 1 saturated heterocycles. The Morgan fingerprint density at radius 3 is 2.35 bits per heavy atom. The third-order valence-corrected chi connectivity index (χ3v) is 8.53. The van der Waals surface area contributed by atoms with Crippen molar-refractivity contribution in [1.82, 2.24) is 29.7 Å². The van der Waals surface area contributed by atoms with Gasteiger partial charge >= 0.3 is 12.2 Å². The van der Waals surface area contributed by atoms with Gasteiger partial charge in [0.25, 0.3) is 0 Å². The Morgan fingerprint density at radius 2 is 1.67 bits per heavy atom. The highest BCUT2D eigenvalue weighted by Crippen LogP contribution is 2.45. The molecule has 48 heavy (non-hydrogen) atoms. The minimum absolute atomic E-state index is 0.138. The number of nitrogens with one attached hydrogen (secondary N) is 2. The molecule has 1 aliphatic carbocycles. The van der Waals surface area contributed by atoms with Gasteiger partial charge in [0.15, 0.2) is 0 Å². The van der Waals surface area contributed by atoms with Crippen LogP contribution in [0.15, 0.2) is 48.7 Å². The number of carbonyl (C=O) groups excluding carboxylic acids is 2. The van der Waals surface area contributed by atoms with Crippen molar-refractivity contribution in [3.05, 3.63) is 71.4 Å². The number of hydrogen-bond acceptors (Lipinski definition) is 6. The van der Waals surface area contributed by atoms with Crippen LogP contribution in [0, 0.1) is 17.3 Å². The Balaban J connectivity index is 1.11. The number of fused-ring (bicyclic) bond motifs is 1. The van der Waals surface area contributed by atoms with Gasteiger partial charge in [0, 0.05) is 36.0 Å². The van der Waals surface area contributed by atoms with Gasteiger partial charge in [-0.05, 0) is 103 Å². The summed E-state index contributed by atoms with van der Waals surface area (Å²) in [6.07, 6.45) is 5.21. The molecule has 1 saturated carbocycles. The zero-order valence-electron chi connectivity index (χ0n) is 29.1. The zero-order valence-corrected chi connectivity index (χ0v) is 29.1. The lowest BCUT2D eigenvalue weighted by molar-refractivity contribution is 0.0189. The molecule has 0 radical (unpaired) electrons. The number of aromatic amines is 2. The van der Waals surface area contributed by atoms with E-state index < -0.39 is 11.2 Å². The minimum atomic E-state index is -0.559. The molecule has 4 aromatic rings. The van der Waals surface area contributed by atoms with Crippen molar-refractivity contribution in [1.29, 1.82) is 0 Å². The highest BCUT2D eigenvalue weighted by molar-refractivity contribution is 5.77. The van der Waals surface area contributed by atoms with Crippen LogP contribution in [0.25, 0.3) is 22.3 Å². The molecule has 2 N–H and O–H groups in total. The molecule has 2 aromatic heterocycles. The largest absolute Gasteiger partial charge is 0.444 e. The van der Waals surface area contributed by atoms with Crippen LogP contribution in [0.3, 0.4) is 0 Å². The predicted octanol–water partition coefficient (Wildman–Crippen LogP) is 7.96. The second-order valence-corrected chi connectivity index (χ2v) is 15.4. The van der Waals surface area contributed by atoms with E-state index in [1.54, 1.807) is 9.80 Å². The summed E-state index contributed by atoms with van der Waals surface area (Å²) in [7, 11) is 0. The van der Waals surface area contributed by atoms with E-state index in [1.807, 2.05) is 90.2 Å². The molecule has 2 amide bonds. The average molecular weight is 651 g/mol. The lowest BCUT2D eigenvalue weighted by atomic mass is 10.1. The van der Waals surface area contributed by atoms with E-state index in [0.29, 0.717) is 25.5 Å². The maximum atomic E-state index is 13.0. The van der Waals surface area contributed by atoms with Gasteiger partial charge in [0.1, 0.15) is 22.9 Å². The first-order valence-corrected chi connectivity index (χ1v) is 16.8. The van der Waals surface area contributed by atoms with Gasteiger partial charge in [-0.3, -0.25) is 4.90 Å². The molecule has 252 valence electrons. The third-order valence-electron chi connectivity index (χ3n) is 8.53. The Hall–Kier alpha value is -4.78. The number of hydrogen-bond donors (Lipinski definition) is 2. The standard InChI is InChI=1S/C38H46N6O4/c1-36(2,3)47-34(45)43(24-38(7)18-19-38)23-32-39-22-30(40-32)27-15-12-25(13-16-27)10-11-26-14-17-28-29(21-26)42-33(41-28)31-9-8-20-44(31)35(46)48-37(4,5)6/h12-17,21-22,31H,8-9,18-20,23-24H2,1-7H3,(H,39,40)(H,41,42)/t31-/m0/s1. The molecular formula is C38H46N6O4. The number of rotatable bonds is 6. The van der Waals surface area contributed by atoms with E-state index in [-0.39, 0.29) is 23.6 Å². The van der Waals surface area contributed by atoms with E-state index in [0.717, 1.165) is 64.9 Å². The number of imidazole rings is 2. The molecule has 0 spiro atoms. The minimum Gasteiger partial charge on any atom is -0.444 e. The number of ether oxygens (including phenoxy) is 2. The van der Waals surface area contributed by atoms with Crippen LogP contribution in [0.2, 0.25) is 0 Å². The lowest BCUT2D eigenvalue weighted by Gasteiger charge is -2.28. The van der Waals surface area contributed by atoms with E-state index in [2.05, 4.69) is 28.7 Å². The Labute approximate surface area is 282 Å². The Bertz CT molecular complexity index is 1860. The van der Waals surface area contributed by atoms with Crippen molar-refractivity contribution in [2.24, 2.45) is 5.41 Å². The highest BCUT2D eigenvalue weighted by Gasteiger charge is 2.41. The van der Waals surface area contributed by atoms with Crippen LogP contribution < -0.4 is 0 Å². The second-order valence-electron chi connectivity index (χ2n) is 15.4. The van der Waals surface area contributed by atoms with E-state index in [1.165, 1.54) is 0 Å². The fourth-order valence-corrected chi connectivity index (χ4v) is 5.83. The number of carbonyl (C=O) groups is 2. The summed E-state index contributed by atoms with van der Waals surface area (Å²) in [4.78, 5) is 45.6. The second kappa shape index (κ2) is 12.7. The quantitative estimate of drug-likeness (QED) is 0.205. The molecular weight excluding hydrogens is 604 g/mol. The number of nitrogens with zero attached hydrogens (tertiary/aromatic N) is 4. The van der Waals surface area contributed by atoms with E-state index in [4.69, 9.17) is 19.4 Å². The molecule has 0 unspecified atom stereocenters. The van der Waals surface area contributed by atoms with Crippen LogP contribution in [0.4, 0.5) is 9.59 Å². The molecule has 10 nitrogen and oxygen atoms in total. The van der Waals surface area contributed by atoms with Gasteiger partial charge in [-0.1, -0.05) is 30.9 Å². The number of benzene rings is 2. The van der Waals surface area contributed by atoms with E-state index >= 15 is 0 Å². The Kier molecular flexibility index (Phi) is 8.75. The lowest BCUT2D eigenvalue weighted by Crippen LogP contribution is -2.39. The predicted molar refractivity (Wildman–Crippen MR) is 185 cm³/mol. The van der Waals surface area contributed by atoms with E-state index in [9.17, 15) is 9.59 Å². The number of H-pyrrole nitrogens is 2. The molecule has 0 bridgehead atoms. The first kappa shape index (κ1) is 33.1. The molecule has 10 heteroatoms. The summed E-state index contributed by atoms with van der Waals surface area (Å²) in [6.45, 7) is 15.1. The van der Waals surface area contributed by atoms with Crippen LogP contribution in [0.1, 0.15) is 103 Å². The highest BCUT2D eigenvalue weighted by atomic mass is 16.6. The first-order chi connectivity index (χ1) is 22.6. The van der Waals surface area contributed by atoms with Crippen molar-refractivity contribution >= 4 is 23.2 Å².